The number of hydrogen-bond acceptors (Lipinski definition) is 4. The number of aromatic nitrogens is 1. The third kappa shape index (κ3) is 4.94. The van der Waals surface area contributed by atoms with E-state index in [1.807, 2.05) is 0 Å². The van der Waals surface area contributed by atoms with E-state index in [0.717, 1.165) is 31.4 Å². The maximum atomic E-state index is 13.8. The quantitative estimate of drug-likeness (QED) is 0.732. The number of nitrogens with one attached hydrogen (secondary N) is 1. The lowest BCUT2D eigenvalue weighted by Crippen LogP contribution is -2.42. The van der Waals surface area contributed by atoms with Crippen molar-refractivity contribution in [3.63, 3.8) is 0 Å². The van der Waals surface area contributed by atoms with Crippen molar-refractivity contribution in [1.29, 1.82) is 0 Å². The number of carbonyl (C=O) groups is 2. The maximum absolute atomic E-state index is 13.8. The highest BCUT2D eigenvalue weighted by atomic mass is 19.1. The summed E-state index contributed by atoms with van der Waals surface area (Å²) in [5.41, 5.74) is 0.0901. The summed E-state index contributed by atoms with van der Waals surface area (Å²) in [4.78, 5) is 27.7. The van der Waals surface area contributed by atoms with Gasteiger partial charge >= 0.3 is 5.97 Å². The third-order valence-electron chi connectivity index (χ3n) is 5.00. The highest BCUT2D eigenvalue weighted by Gasteiger charge is 2.30. The summed E-state index contributed by atoms with van der Waals surface area (Å²) in [6, 6.07) is 2.77. The minimum absolute atomic E-state index is 0.0781. The Morgan fingerprint density at radius 3 is 2.75 bits per heavy atom. The Hall–Kier alpha value is -2.77. The summed E-state index contributed by atoms with van der Waals surface area (Å²) in [6.07, 6.45) is 5.52. The molecule has 28 heavy (non-hydrogen) atoms. The second kappa shape index (κ2) is 8.95. The van der Waals surface area contributed by atoms with Crippen LogP contribution >= 0.6 is 0 Å². The summed E-state index contributed by atoms with van der Waals surface area (Å²) in [7, 11) is 0. The van der Waals surface area contributed by atoms with Crippen molar-refractivity contribution in [2.24, 2.45) is 5.92 Å². The molecule has 1 fully saturated rings. The SMILES string of the molecule is O=C(CCc1ncc(-c2ccc(F)cc2F)o1)N[C@H]1CCCCC[C@H]1C(=O)O. The summed E-state index contributed by atoms with van der Waals surface area (Å²) in [6.45, 7) is 0. The van der Waals surface area contributed by atoms with E-state index in [4.69, 9.17) is 4.42 Å². The molecule has 2 N–H and O–H groups in total. The molecule has 0 saturated heterocycles. The van der Waals surface area contributed by atoms with Crippen LogP contribution in [0.3, 0.4) is 0 Å². The van der Waals surface area contributed by atoms with Gasteiger partial charge in [-0.15, -0.1) is 0 Å². The summed E-state index contributed by atoms with van der Waals surface area (Å²) < 4.78 is 32.3. The molecule has 0 aliphatic heterocycles. The van der Waals surface area contributed by atoms with Crippen molar-refractivity contribution in [3.8, 4) is 11.3 Å². The first-order valence-corrected chi connectivity index (χ1v) is 9.36. The molecule has 2 aromatic rings. The normalized spacial score (nSPS) is 19.8. The first kappa shape index (κ1) is 20.0. The van der Waals surface area contributed by atoms with Gasteiger partial charge < -0.3 is 14.8 Å². The number of amides is 1. The lowest BCUT2D eigenvalue weighted by atomic mass is 9.94. The van der Waals surface area contributed by atoms with E-state index in [9.17, 15) is 23.5 Å². The molecule has 0 bridgehead atoms. The molecule has 3 rings (SSSR count). The number of carboxylic acids is 1. The highest BCUT2D eigenvalue weighted by Crippen LogP contribution is 2.25. The fourth-order valence-corrected chi connectivity index (χ4v) is 3.52. The van der Waals surface area contributed by atoms with Gasteiger partial charge in [-0.1, -0.05) is 19.3 Å². The van der Waals surface area contributed by atoms with Crippen LogP contribution in [0.25, 0.3) is 11.3 Å². The first-order valence-electron chi connectivity index (χ1n) is 9.36. The van der Waals surface area contributed by atoms with Crippen molar-refractivity contribution >= 4 is 11.9 Å². The van der Waals surface area contributed by atoms with Crippen molar-refractivity contribution < 1.29 is 27.9 Å². The number of halogens is 2. The maximum Gasteiger partial charge on any atom is 0.308 e. The van der Waals surface area contributed by atoms with E-state index in [-0.39, 0.29) is 42.0 Å². The Morgan fingerprint density at radius 1 is 1.21 bits per heavy atom. The number of nitrogens with zero attached hydrogens (tertiary/aromatic N) is 1. The molecule has 0 radical (unpaired) electrons. The van der Waals surface area contributed by atoms with Gasteiger partial charge in [0.2, 0.25) is 5.91 Å². The number of carboxylic acid groups (broad SMARTS) is 1. The molecule has 8 heteroatoms. The van der Waals surface area contributed by atoms with Gasteiger partial charge in [-0.3, -0.25) is 9.59 Å². The predicted octanol–water partition coefficient (Wildman–Crippen LogP) is 3.70. The summed E-state index contributed by atoms with van der Waals surface area (Å²) in [5.74, 6) is -2.76. The van der Waals surface area contributed by atoms with Crippen molar-refractivity contribution in [2.45, 2.75) is 51.0 Å². The predicted molar refractivity (Wildman–Crippen MR) is 96.3 cm³/mol. The van der Waals surface area contributed by atoms with Crippen LogP contribution in [0.2, 0.25) is 0 Å². The lowest BCUT2D eigenvalue weighted by molar-refractivity contribution is -0.143. The molecule has 1 aliphatic carbocycles. The van der Waals surface area contributed by atoms with Crippen LogP contribution in [0.5, 0.6) is 0 Å². The lowest BCUT2D eigenvalue weighted by Gasteiger charge is -2.22. The van der Waals surface area contributed by atoms with Gasteiger partial charge in [-0.25, -0.2) is 13.8 Å². The van der Waals surface area contributed by atoms with Crippen LogP contribution < -0.4 is 5.32 Å². The van der Waals surface area contributed by atoms with Crippen molar-refractivity contribution in [3.05, 3.63) is 41.9 Å². The topological polar surface area (TPSA) is 92.4 Å². The molecular formula is C20H22F2N2O4. The van der Waals surface area contributed by atoms with E-state index in [1.54, 1.807) is 0 Å². The number of aliphatic carboxylic acids is 1. The third-order valence-corrected chi connectivity index (χ3v) is 5.00. The van der Waals surface area contributed by atoms with E-state index < -0.39 is 23.5 Å². The molecule has 1 heterocycles. The first-order chi connectivity index (χ1) is 13.4. The summed E-state index contributed by atoms with van der Waals surface area (Å²) >= 11 is 0. The van der Waals surface area contributed by atoms with Gasteiger partial charge in [0.05, 0.1) is 17.7 Å². The Morgan fingerprint density at radius 2 is 2.00 bits per heavy atom. The second-order valence-corrected chi connectivity index (χ2v) is 7.00. The minimum Gasteiger partial charge on any atom is -0.481 e. The zero-order valence-corrected chi connectivity index (χ0v) is 15.3. The van der Waals surface area contributed by atoms with E-state index in [2.05, 4.69) is 10.3 Å². The molecule has 0 unspecified atom stereocenters. The molecule has 0 spiro atoms. The smallest absolute Gasteiger partial charge is 0.308 e. The Kier molecular flexibility index (Phi) is 6.38. The number of oxazole rings is 1. The number of aryl methyl sites for hydroxylation is 1. The summed E-state index contributed by atoms with van der Waals surface area (Å²) in [5, 5.41) is 12.2. The highest BCUT2D eigenvalue weighted by molar-refractivity contribution is 5.78. The van der Waals surface area contributed by atoms with Crippen LogP contribution in [0.15, 0.2) is 28.8 Å². The zero-order chi connectivity index (χ0) is 20.1. The van der Waals surface area contributed by atoms with Crippen LogP contribution in [0.4, 0.5) is 8.78 Å². The van der Waals surface area contributed by atoms with E-state index in [0.29, 0.717) is 12.8 Å². The molecular weight excluding hydrogens is 370 g/mol. The van der Waals surface area contributed by atoms with Gasteiger partial charge in [-0.05, 0) is 25.0 Å². The van der Waals surface area contributed by atoms with Crippen molar-refractivity contribution in [1.82, 2.24) is 10.3 Å². The van der Waals surface area contributed by atoms with Crippen molar-refractivity contribution in [2.75, 3.05) is 0 Å². The average Bonchev–Trinajstić information content (AvgIpc) is 2.98. The standard InChI is InChI=1S/C20H22F2N2O4/c21-12-6-7-13(15(22)10-12)17-11-23-19(28-17)9-8-18(25)24-16-5-3-1-2-4-14(16)20(26)27/h6-7,10-11,14,16H,1-5,8-9H2,(H,24,25)(H,26,27)/t14-,16+/m1/s1. The molecule has 1 aromatic heterocycles. The van der Waals surface area contributed by atoms with Crippen LogP contribution in [0, 0.1) is 17.6 Å². The molecule has 1 aromatic carbocycles. The van der Waals surface area contributed by atoms with Gasteiger partial charge in [0.25, 0.3) is 0 Å². The van der Waals surface area contributed by atoms with Crippen LogP contribution in [-0.2, 0) is 16.0 Å². The monoisotopic (exact) mass is 392 g/mol. The zero-order valence-electron chi connectivity index (χ0n) is 15.3. The van der Waals surface area contributed by atoms with Gasteiger partial charge in [0.1, 0.15) is 11.6 Å². The molecule has 1 saturated carbocycles. The fourth-order valence-electron chi connectivity index (χ4n) is 3.52. The second-order valence-electron chi connectivity index (χ2n) is 7.00. The van der Waals surface area contributed by atoms with Crippen LogP contribution in [0.1, 0.15) is 44.4 Å². The molecule has 1 aliphatic rings. The largest absolute Gasteiger partial charge is 0.481 e. The minimum atomic E-state index is -0.883. The fraction of sp³-hybridized carbons (Fsp3) is 0.450. The number of carbonyl (C=O) groups excluding carboxylic acids is 1. The van der Waals surface area contributed by atoms with Crippen LogP contribution in [-0.4, -0.2) is 28.0 Å². The molecule has 1 amide bonds. The number of hydrogen-bond donors (Lipinski definition) is 2. The van der Waals surface area contributed by atoms with E-state index in [1.165, 1.54) is 12.3 Å². The molecule has 2 atom stereocenters. The van der Waals surface area contributed by atoms with Gasteiger partial charge in [0, 0.05) is 24.9 Å². The Balaban J connectivity index is 1.57. The Labute approximate surface area is 161 Å². The molecule has 6 nitrogen and oxygen atoms in total. The average molecular weight is 392 g/mol. The number of rotatable bonds is 6. The number of benzene rings is 1. The molecule has 150 valence electrons. The Bertz CT molecular complexity index is 852. The van der Waals surface area contributed by atoms with E-state index >= 15 is 0 Å². The van der Waals surface area contributed by atoms with Gasteiger partial charge in [0.15, 0.2) is 11.7 Å². The van der Waals surface area contributed by atoms with Gasteiger partial charge in [-0.2, -0.15) is 0 Å².